The lowest BCUT2D eigenvalue weighted by Gasteiger charge is -2.38. The number of carbonyl (C=O) groups is 1. The molecule has 34 heavy (non-hydrogen) atoms. The Balaban J connectivity index is 1.52. The molecule has 1 aliphatic heterocycles. The summed E-state index contributed by atoms with van der Waals surface area (Å²) in [7, 11) is 3.25. The summed E-state index contributed by atoms with van der Waals surface area (Å²) in [5, 5.41) is 4.77. The van der Waals surface area contributed by atoms with E-state index in [1.54, 1.807) is 14.2 Å². The average Bonchev–Trinajstić information content (AvgIpc) is 3.31. The van der Waals surface area contributed by atoms with Gasteiger partial charge in [0, 0.05) is 50.4 Å². The first-order valence-corrected chi connectivity index (χ1v) is 11.9. The van der Waals surface area contributed by atoms with Gasteiger partial charge in [-0.25, -0.2) is 0 Å². The highest BCUT2D eigenvalue weighted by molar-refractivity contribution is 5.94. The van der Waals surface area contributed by atoms with Crippen LogP contribution in [0.1, 0.15) is 42.4 Å². The van der Waals surface area contributed by atoms with E-state index in [4.69, 9.17) is 14.6 Å². The van der Waals surface area contributed by atoms with E-state index in [0.29, 0.717) is 42.9 Å². The Kier molecular flexibility index (Phi) is 7.53. The average molecular weight is 463 g/mol. The molecule has 3 aromatic rings. The second-order valence-electron chi connectivity index (χ2n) is 8.62. The summed E-state index contributed by atoms with van der Waals surface area (Å²) in [5.41, 5.74) is 3.50. The first-order chi connectivity index (χ1) is 16.5. The van der Waals surface area contributed by atoms with Crippen molar-refractivity contribution in [1.82, 2.24) is 19.6 Å². The number of aryl methyl sites for hydroxylation is 1. The molecule has 0 radical (unpaired) electrons. The number of rotatable bonds is 8. The van der Waals surface area contributed by atoms with E-state index in [0.717, 1.165) is 30.8 Å². The number of piperazine rings is 1. The van der Waals surface area contributed by atoms with Gasteiger partial charge in [0.25, 0.3) is 5.91 Å². The molecule has 0 spiro atoms. The Labute approximate surface area is 201 Å². The lowest BCUT2D eigenvalue weighted by atomic mass is 10.1. The molecule has 1 atom stereocenters. The Bertz CT molecular complexity index is 1100. The Morgan fingerprint density at radius 3 is 2.38 bits per heavy atom. The zero-order valence-corrected chi connectivity index (χ0v) is 20.5. The topological polar surface area (TPSA) is 59.8 Å². The summed E-state index contributed by atoms with van der Waals surface area (Å²) in [6, 6.07) is 18.4. The number of hydrogen-bond donors (Lipinski definition) is 0. The predicted molar refractivity (Wildman–Crippen MR) is 133 cm³/mol. The molecule has 0 N–H and O–H groups in total. The molecule has 2 aromatic carbocycles. The Morgan fingerprint density at radius 2 is 1.74 bits per heavy atom. The first-order valence-electron chi connectivity index (χ1n) is 11.9. The molecule has 1 saturated heterocycles. The van der Waals surface area contributed by atoms with Crippen LogP contribution in [0.2, 0.25) is 0 Å². The quantitative estimate of drug-likeness (QED) is 0.493. The molecule has 1 aromatic heterocycles. The summed E-state index contributed by atoms with van der Waals surface area (Å²) in [6.07, 6.45) is 0.892. The molecule has 0 saturated carbocycles. The minimum Gasteiger partial charge on any atom is -0.497 e. The van der Waals surface area contributed by atoms with Crippen LogP contribution in [0.4, 0.5) is 0 Å². The van der Waals surface area contributed by atoms with Gasteiger partial charge in [0.2, 0.25) is 0 Å². The van der Waals surface area contributed by atoms with Crippen molar-refractivity contribution in [3.63, 3.8) is 0 Å². The number of aromatic nitrogens is 2. The zero-order chi connectivity index (χ0) is 24.1. The molecular weight excluding hydrogens is 428 g/mol. The third-order valence-corrected chi connectivity index (χ3v) is 6.55. The maximum atomic E-state index is 13.5. The number of nitrogens with zero attached hydrogens (tertiary/aromatic N) is 4. The fraction of sp³-hybridized carbons (Fsp3) is 0.407. The maximum Gasteiger partial charge on any atom is 0.272 e. The van der Waals surface area contributed by atoms with E-state index in [9.17, 15) is 4.79 Å². The molecule has 0 aliphatic carbocycles. The van der Waals surface area contributed by atoms with Crippen molar-refractivity contribution < 1.29 is 14.3 Å². The van der Waals surface area contributed by atoms with Crippen LogP contribution in [0.3, 0.4) is 0 Å². The standard InChI is InChI=1S/C27H34N4O3/c1-5-13-31-25(19-24(28-31)23-12-11-22(33-3)18-26(23)34-4)27(32)30-16-14-29(15-17-30)20(2)21-9-7-6-8-10-21/h6-12,18-20H,5,13-17H2,1-4H3. The van der Waals surface area contributed by atoms with Gasteiger partial charge in [-0.1, -0.05) is 37.3 Å². The molecule has 1 unspecified atom stereocenters. The summed E-state index contributed by atoms with van der Waals surface area (Å²) in [5.74, 6) is 1.42. The summed E-state index contributed by atoms with van der Waals surface area (Å²) >= 11 is 0. The molecule has 7 heteroatoms. The largest absolute Gasteiger partial charge is 0.497 e. The first kappa shape index (κ1) is 23.8. The van der Waals surface area contributed by atoms with Crippen molar-refractivity contribution in [2.24, 2.45) is 0 Å². The number of carbonyl (C=O) groups excluding carboxylic acids is 1. The summed E-state index contributed by atoms with van der Waals surface area (Å²) < 4.78 is 12.7. The van der Waals surface area contributed by atoms with Crippen LogP contribution in [-0.2, 0) is 6.54 Å². The van der Waals surface area contributed by atoms with Gasteiger partial charge in [-0.3, -0.25) is 14.4 Å². The molecular formula is C27H34N4O3. The predicted octanol–water partition coefficient (Wildman–Crippen LogP) is 4.50. The van der Waals surface area contributed by atoms with E-state index >= 15 is 0 Å². The lowest BCUT2D eigenvalue weighted by molar-refractivity contribution is 0.0570. The fourth-order valence-electron chi connectivity index (χ4n) is 4.53. The van der Waals surface area contributed by atoms with Gasteiger partial charge in [0.05, 0.1) is 19.9 Å². The Morgan fingerprint density at radius 1 is 1.00 bits per heavy atom. The van der Waals surface area contributed by atoms with Crippen LogP contribution in [0.15, 0.2) is 54.6 Å². The van der Waals surface area contributed by atoms with Crippen LogP contribution in [-0.4, -0.2) is 65.9 Å². The van der Waals surface area contributed by atoms with E-state index in [1.165, 1.54) is 5.56 Å². The highest BCUT2D eigenvalue weighted by atomic mass is 16.5. The molecule has 1 amide bonds. The monoisotopic (exact) mass is 462 g/mol. The number of methoxy groups -OCH3 is 2. The maximum absolute atomic E-state index is 13.5. The van der Waals surface area contributed by atoms with Crippen LogP contribution < -0.4 is 9.47 Å². The van der Waals surface area contributed by atoms with Crippen molar-refractivity contribution in [3.8, 4) is 22.8 Å². The second kappa shape index (κ2) is 10.7. The van der Waals surface area contributed by atoms with Crippen molar-refractivity contribution >= 4 is 5.91 Å². The Hall–Kier alpha value is -3.32. The number of amides is 1. The SMILES string of the molecule is CCCn1nc(-c2ccc(OC)cc2OC)cc1C(=O)N1CCN(C(C)c2ccccc2)CC1. The minimum absolute atomic E-state index is 0.0340. The van der Waals surface area contributed by atoms with Gasteiger partial charge in [-0.15, -0.1) is 0 Å². The summed E-state index contributed by atoms with van der Waals surface area (Å²) in [4.78, 5) is 17.9. The normalized spacial score (nSPS) is 15.2. The van der Waals surface area contributed by atoms with Crippen LogP contribution >= 0.6 is 0 Å². The van der Waals surface area contributed by atoms with Crippen molar-refractivity contribution in [2.45, 2.75) is 32.9 Å². The van der Waals surface area contributed by atoms with Gasteiger partial charge in [-0.2, -0.15) is 5.10 Å². The molecule has 1 aliphatic rings. The van der Waals surface area contributed by atoms with Crippen molar-refractivity contribution in [3.05, 3.63) is 65.9 Å². The minimum atomic E-state index is 0.0340. The van der Waals surface area contributed by atoms with Crippen LogP contribution in [0, 0.1) is 0 Å². The molecule has 180 valence electrons. The molecule has 1 fully saturated rings. The second-order valence-corrected chi connectivity index (χ2v) is 8.62. The van der Waals surface area contributed by atoms with Gasteiger partial charge in [-0.05, 0) is 37.1 Å². The molecule has 0 bridgehead atoms. The van der Waals surface area contributed by atoms with Crippen molar-refractivity contribution in [2.75, 3.05) is 40.4 Å². The third kappa shape index (κ3) is 4.94. The van der Waals surface area contributed by atoms with Gasteiger partial charge in [0.15, 0.2) is 0 Å². The third-order valence-electron chi connectivity index (χ3n) is 6.55. The van der Waals surface area contributed by atoms with E-state index in [2.05, 4.69) is 43.0 Å². The lowest BCUT2D eigenvalue weighted by Crippen LogP contribution is -2.49. The van der Waals surface area contributed by atoms with E-state index in [1.807, 2.05) is 39.9 Å². The van der Waals surface area contributed by atoms with Crippen molar-refractivity contribution in [1.29, 1.82) is 0 Å². The molecule has 4 rings (SSSR count). The van der Waals surface area contributed by atoms with Crippen LogP contribution in [0.25, 0.3) is 11.3 Å². The summed E-state index contributed by atoms with van der Waals surface area (Å²) in [6.45, 7) is 8.12. The van der Waals surface area contributed by atoms with Crippen LogP contribution in [0.5, 0.6) is 11.5 Å². The highest BCUT2D eigenvalue weighted by Crippen LogP contribution is 2.33. The fourth-order valence-corrected chi connectivity index (χ4v) is 4.53. The number of hydrogen-bond acceptors (Lipinski definition) is 5. The number of benzene rings is 2. The molecule has 2 heterocycles. The van der Waals surface area contributed by atoms with Gasteiger partial charge in [0.1, 0.15) is 17.2 Å². The van der Waals surface area contributed by atoms with E-state index in [-0.39, 0.29) is 5.91 Å². The van der Waals surface area contributed by atoms with Gasteiger partial charge >= 0.3 is 0 Å². The smallest absolute Gasteiger partial charge is 0.272 e. The highest BCUT2D eigenvalue weighted by Gasteiger charge is 2.28. The zero-order valence-electron chi connectivity index (χ0n) is 20.5. The van der Waals surface area contributed by atoms with E-state index < -0.39 is 0 Å². The number of ether oxygens (including phenoxy) is 2. The van der Waals surface area contributed by atoms with Gasteiger partial charge < -0.3 is 14.4 Å². The molecule has 7 nitrogen and oxygen atoms in total.